The highest BCUT2D eigenvalue weighted by molar-refractivity contribution is 9.10. The van der Waals surface area contributed by atoms with Crippen LogP contribution in [0.3, 0.4) is 0 Å². The molecule has 0 radical (unpaired) electrons. The van der Waals surface area contributed by atoms with Crippen LogP contribution in [-0.4, -0.2) is 51.2 Å². The molecule has 0 aliphatic carbocycles. The number of likely N-dealkylation sites (N-methyl/N-ethyl adjacent to an activating group) is 2. The Bertz CT molecular complexity index is 393. The Balaban J connectivity index is 2.16. The summed E-state index contributed by atoms with van der Waals surface area (Å²) >= 11 is 3.51. The van der Waals surface area contributed by atoms with E-state index in [4.69, 9.17) is 0 Å². The first kappa shape index (κ1) is 14.8. The SMILES string of the molecule is CNCC1CN(c2ccc(Br)cc2)CC(C)CN1C. The highest BCUT2D eigenvalue weighted by atomic mass is 79.9. The van der Waals surface area contributed by atoms with E-state index in [1.54, 1.807) is 0 Å². The summed E-state index contributed by atoms with van der Waals surface area (Å²) in [6, 6.07) is 9.24. The smallest absolute Gasteiger partial charge is 0.0392 e. The van der Waals surface area contributed by atoms with E-state index in [-0.39, 0.29) is 0 Å². The van der Waals surface area contributed by atoms with Crippen molar-refractivity contribution in [3.63, 3.8) is 0 Å². The molecule has 1 aliphatic rings. The standard InChI is InChI=1S/C15H24BrN3/c1-12-9-18(3)15(8-17-2)11-19(10-12)14-6-4-13(16)5-7-14/h4-7,12,15,17H,8-11H2,1-3H3. The van der Waals surface area contributed by atoms with Gasteiger partial charge in [-0.1, -0.05) is 22.9 Å². The zero-order valence-electron chi connectivity index (χ0n) is 12.1. The van der Waals surface area contributed by atoms with E-state index in [9.17, 15) is 0 Å². The molecule has 0 bridgehead atoms. The lowest BCUT2D eigenvalue weighted by atomic mass is 10.1. The average molecular weight is 326 g/mol. The fourth-order valence-electron chi connectivity index (χ4n) is 2.86. The molecular formula is C15H24BrN3. The first-order valence-electron chi connectivity index (χ1n) is 6.95. The van der Waals surface area contributed by atoms with Gasteiger partial charge in [0.05, 0.1) is 0 Å². The van der Waals surface area contributed by atoms with Crippen LogP contribution in [0.15, 0.2) is 28.7 Å². The summed E-state index contributed by atoms with van der Waals surface area (Å²) in [6.07, 6.45) is 0. The number of nitrogens with zero attached hydrogens (tertiary/aromatic N) is 2. The maximum Gasteiger partial charge on any atom is 0.0392 e. The van der Waals surface area contributed by atoms with Crippen molar-refractivity contribution in [2.24, 2.45) is 5.92 Å². The van der Waals surface area contributed by atoms with Crippen LogP contribution in [0.4, 0.5) is 5.69 Å². The highest BCUT2D eigenvalue weighted by Gasteiger charge is 2.25. The van der Waals surface area contributed by atoms with Crippen LogP contribution in [-0.2, 0) is 0 Å². The lowest BCUT2D eigenvalue weighted by Crippen LogP contribution is -2.44. The monoisotopic (exact) mass is 325 g/mol. The summed E-state index contributed by atoms with van der Waals surface area (Å²) in [5, 5.41) is 3.32. The summed E-state index contributed by atoms with van der Waals surface area (Å²) in [5.41, 5.74) is 1.33. The maximum atomic E-state index is 3.51. The van der Waals surface area contributed by atoms with Gasteiger partial charge in [-0.05, 0) is 44.3 Å². The van der Waals surface area contributed by atoms with Gasteiger partial charge in [0.2, 0.25) is 0 Å². The van der Waals surface area contributed by atoms with Crippen LogP contribution in [0, 0.1) is 5.92 Å². The topological polar surface area (TPSA) is 18.5 Å². The van der Waals surface area contributed by atoms with Crippen LogP contribution in [0.25, 0.3) is 0 Å². The molecule has 2 unspecified atom stereocenters. The minimum absolute atomic E-state index is 0.568. The Morgan fingerprint density at radius 2 is 1.89 bits per heavy atom. The van der Waals surface area contributed by atoms with Crippen LogP contribution in [0.5, 0.6) is 0 Å². The van der Waals surface area contributed by atoms with Gasteiger partial charge in [0.1, 0.15) is 0 Å². The van der Waals surface area contributed by atoms with Crippen LogP contribution >= 0.6 is 15.9 Å². The van der Waals surface area contributed by atoms with Crippen molar-refractivity contribution < 1.29 is 0 Å². The number of benzene rings is 1. The van der Waals surface area contributed by atoms with Crippen molar-refractivity contribution in [1.29, 1.82) is 0 Å². The number of halogens is 1. The van der Waals surface area contributed by atoms with Crippen molar-refractivity contribution in [2.45, 2.75) is 13.0 Å². The van der Waals surface area contributed by atoms with Crippen molar-refractivity contribution in [2.75, 3.05) is 45.2 Å². The molecule has 1 N–H and O–H groups in total. The third-order valence-corrected chi connectivity index (χ3v) is 4.35. The molecule has 1 aromatic rings. The summed E-state index contributed by atoms with van der Waals surface area (Å²) in [5.74, 6) is 0.690. The minimum atomic E-state index is 0.568. The number of hydrogen-bond donors (Lipinski definition) is 1. The van der Waals surface area contributed by atoms with Gasteiger partial charge in [-0.25, -0.2) is 0 Å². The molecule has 0 saturated carbocycles. The molecule has 1 heterocycles. The lowest BCUT2D eigenvalue weighted by Gasteiger charge is -2.30. The van der Waals surface area contributed by atoms with E-state index >= 15 is 0 Å². The zero-order valence-corrected chi connectivity index (χ0v) is 13.7. The average Bonchev–Trinajstić information content (AvgIpc) is 2.50. The Labute approximate surface area is 125 Å². The van der Waals surface area contributed by atoms with Crippen molar-refractivity contribution in [1.82, 2.24) is 10.2 Å². The molecule has 1 saturated heterocycles. The zero-order chi connectivity index (χ0) is 13.8. The quantitative estimate of drug-likeness (QED) is 0.920. The van der Waals surface area contributed by atoms with E-state index in [1.807, 2.05) is 7.05 Å². The molecule has 2 atom stereocenters. The molecule has 2 rings (SSSR count). The van der Waals surface area contributed by atoms with E-state index in [2.05, 4.69) is 69.3 Å². The largest absolute Gasteiger partial charge is 0.370 e. The molecule has 19 heavy (non-hydrogen) atoms. The fourth-order valence-corrected chi connectivity index (χ4v) is 3.13. The van der Waals surface area contributed by atoms with Crippen LogP contribution in [0.2, 0.25) is 0 Å². The van der Waals surface area contributed by atoms with Crippen LogP contribution < -0.4 is 10.2 Å². The minimum Gasteiger partial charge on any atom is -0.370 e. The second kappa shape index (κ2) is 6.73. The van der Waals surface area contributed by atoms with Gasteiger partial charge in [0.25, 0.3) is 0 Å². The summed E-state index contributed by atoms with van der Waals surface area (Å²) in [7, 11) is 4.27. The predicted molar refractivity (Wildman–Crippen MR) is 85.9 cm³/mol. The van der Waals surface area contributed by atoms with E-state index in [0.717, 1.165) is 24.1 Å². The van der Waals surface area contributed by atoms with E-state index < -0.39 is 0 Å². The summed E-state index contributed by atoms with van der Waals surface area (Å²) < 4.78 is 1.14. The maximum absolute atomic E-state index is 3.51. The molecular weight excluding hydrogens is 302 g/mol. The van der Waals surface area contributed by atoms with Gasteiger partial charge in [0.15, 0.2) is 0 Å². The van der Waals surface area contributed by atoms with Gasteiger partial charge in [0, 0.05) is 42.4 Å². The Morgan fingerprint density at radius 3 is 2.53 bits per heavy atom. The Hall–Kier alpha value is -0.580. The summed E-state index contributed by atoms with van der Waals surface area (Å²) in [6.45, 7) is 6.76. The number of hydrogen-bond acceptors (Lipinski definition) is 3. The molecule has 3 nitrogen and oxygen atoms in total. The van der Waals surface area contributed by atoms with Gasteiger partial charge in [-0.15, -0.1) is 0 Å². The Kier molecular flexibility index (Phi) is 5.25. The lowest BCUT2D eigenvalue weighted by molar-refractivity contribution is 0.236. The van der Waals surface area contributed by atoms with Crippen molar-refractivity contribution in [3.8, 4) is 0 Å². The normalized spacial score (nSPS) is 25.4. The highest BCUT2D eigenvalue weighted by Crippen LogP contribution is 2.22. The fraction of sp³-hybridized carbons (Fsp3) is 0.600. The van der Waals surface area contributed by atoms with Gasteiger partial charge >= 0.3 is 0 Å². The molecule has 0 spiro atoms. The Morgan fingerprint density at radius 1 is 1.21 bits per heavy atom. The first-order chi connectivity index (χ1) is 9.10. The van der Waals surface area contributed by atoms with E-state index in [0.29, 0.717) is 12.0 Å². The predicted octanol–water partition coefficient (Wildman–Crippen LogP) is 2.42. The van der Waals surface area contributed by atoms with Crippen LogP contribution in [0.1, 0.15) is 6.92 Å². The molecule has 1 aliphatic heterocycles. The third kappa shape index (κ3) is 3.94. The third-order valence-electron chi connectivity index (χ3n) is 3.82. The molecule has 1 fully saturated rings. The van der Waals surface area contributed by atoms with E-state index in [1.165, 1.54) is 12.2 Å². The van der Waals surface area contributed by atoms with Gasteiger partial charge in [-0.2, -0.15) is 0 Å². The second-order valence-corrected chi connectivity index (χ2v) is 6.55. The second-order valence-electron chi connectivity index (χ2n) is 5.64. The number of rotatable bonds is 3. The first-order valence-corrected chi connectivity index (χ1v) is 7.74. The number of anilines is 1. The molecule has 0 aromatic heterocycles. The van der Waals surface area contributed by atoms with Crippen molar-refractivity contribution in [3.05, 3.63) is 28.7 Å². The van der Waals surface area contributed by atoms with Gasteiger partial charge in [-0.3, -0.25) is 0 Å². The van der Waals surface area contributed by atoms with Gasteiger partial charge < -0.3 is 15.1 Å². The summed E-state index contributed by atoms with van der Waals surface area (Å²) in [4.78, 5) is 5.00. The molecule has 1 aromatic carbocycles. The molecule has 0 amide bonds. The van der Waals surface area contributed by atoms with Crippen molar-refractivity contribution >= 4 is 21.6 Å². The number of nitrogens with one attached hydrogen (secondary N) is 1. The molecule has 4 heteroatoms. The molecule has 106 valence electrons.